The van der Waals surface area contributed by atoms with Gasteiger partial charge in [-0.15, -0.1) is 0 Å². The summed E-state index contributed by atoms with van der Waals surface area (Å²) < 4.78 is 32.0. The van der Waals surface area contributed by atoms with E-state index in [2.05, 4.69) is 15.0 Å². The van der Waals surface area contributed by atoms with Crippen LogP contribution in [0.2, 0.25) is 0 Å². The van der Waals surface area contributed by atoms with Crippen LogP contribution in [-0.2, 0) is 23.1 Å². The Morgan fingerprint density at radius 1 is 1.25 bits per heavy atom. The summed E-state index contributed by atoms with van der Waals surface area (Å²) in [6.07, 6.45) is 3.32. The van der Waals surface area contributed by atoms with Gasteiger partial charge in [-0.2, -0.15) is 0 Å². The molecule has 0 aliphatic carbocycles. The Hall–Kier alpha value is -1.70. The molecule has 0 aliphatic heterocycles. The van der Waals surface area contributed by atoms with Crippen molar-refractivity contribution in [1.29, 1.82) is 0 Å². The minimum atomic E-state index is -3.64. The highest BCUT2D eigenvalue weighted by molar-refractivity contribution is 7.89. The summed E-state index contributed by atoms with van der Waals surface area (Å²) in [5, 5.41) is 2.82. The van der Waals surface area contributed by atoms with E-state index < -0.39 is 10.0 Å². The molecule has 0 amide bonds. The fourth-order valence-corrected chi connectivity index (χ4v) is 2.65. The van der Waals surface area contributed by atoms with Gasteiger partial charge in [0.2, 0.25) is 5.09 Å². The summed E-state index contributed by atoms with van der Waals surface area (Å²) in [5.41, 5.74) is 1.82. The Morgan fingerprint density at radius 3 is 2.75 bits per heavy atom. The highest BCUT2D eigenvalue weighted by atomic mass is 32.2. The Labute approximate surface area is 118 Å². The van der Waals surface area contributed by atoms with E-state index in [4.69, 9.17) is 4.42 Å². The van der Waals surface area contributed by atoms with Gasteiger partial charge in [-0.05, 0) is 43.3 Å². The topological polar surface area (TPSA) is 84.2 Å². The second-order valence-corrected chi connectivity index (χ2v) is 6.08. The number of pyridine rings is 1. The molecule has 7 heteroatoms. The molecule has 0 saturated carbocycles. The summed E-state index contributed by atoms with van der Waals surface area (Å²) in [7, 11) is -1.88. The van der Waals surface area contributed by atoms with E-state index in [9.17, 15) is 8.42 Å². The standard InChI is InChI=1S/C13H17N3O3S/c1-10-5-6-15-7-11(10)8-16-20(17,18)13-4-3-12(19-13)9-14-2/h3-7,14,16H,8-9H2,1-2H3. The second kappa shape index (κ2) is 6.17. The molecule has 108 valence electrons. The van der Waals surface area contributed by atoms with E-state index in [1.165, 1.54) is 6.07 Å². The van der Waals surface area contributed by atoms with Crippen LogP contribution in [0.1, 0.15) is 16.9 Å². The Kier molecular flexibility index (Phi) is 4.53. The van der Waals surface area contributed by atoms with Crippen LogP contribution in [0.4, 0.5) is 0 Å². The summed E-state index contributed by atoms with van der Waals surface area (Å²) >= 11 is 0. The molecule has 2 aromatic rings. The quantitative estimate of drug-likeness (QED) is 0.836. The molecule has 0 atom stereocenters. The Bertz CT molecular complexity index is 680. The number of aromatic nitrogens is 1. The maximum absolute atomic E-state index is 12.1. The van der Waals surface area contributed by atoms with Gasteiger partial charge >= 0.3 is 0 Å². The fraction of sp³-hybridized carbons (Fsp3) is 0.308. The van der Waals surface area contributed by atoms with Crippen molar-refractivity contribution >= 4 is 10.0 Å². The van der Waals surface area contributed by atoms with Gasteiger partial charge in [-0.1, -0.05) is 0 Å². The van der Waals surface area contributed by atoms with Crippen molar-refractivity contribution in [3.63, 3.8) is 0 Å². The van der Waals surface area contributed by atoms with E-state index in [0.29, 0.717) is 12.3 Å². The maximum Gasteiger partial charge on any atom is 0.274 e. The maximum atomic E-state index is 12.1. The van der Waals surface area contributed by atoms with Crippen molar-refractivity contribution in [2.75, 3.05) is 7.05 Å². The van der Waals surface area contributed by atoms with Gasteiger partial charge in [0, 0.05) is 18.9 Å². The highest BCUT2D eigenvalue weighted by Gasteiger charge is 2.18. The third-order valence-electron chi connectivity index (χ3n) is 2.85. The Balaban J connectivity index is 2.09. The van der Waals surface area contributed by atoms with E-state index in [-0.39, 0.29) is 11.6 Å². The largest absolute Gasteiger partial charge is 0.447 e. The molecule has 0 aromatic carbocycles. The first-order valence-corrected chi connectivity index (χ1v) is 7.63. The first-order valence-electron chi connectivity index (χ1n) is 6.15. The molecule has 0 radical (unpaired) electrons. The van der Waals surface area contributed by atoms with E-state index in [1.807, 2.05) is 13.0 Å². The lowest BCUT2D eigenvalue weighted by molar-refractivity contribution is 0.404. The van der Waals surface area contributed by atoms with E-state index in [1.54, 1.807) is 25.5 Å². The number of hydrogen-bond acceptors (Lipinski definition) is 5. The predicted molar refractivity (Wildman–Crippen MR) is 74.5 cm³/mol. The molecule has 2 aromatic heterocycles. The van der Waals surface area contributed by atoms with Crippen molar-refractivity contribution in [3.05, 3.63) is 47.5 Å². The minimum Gasteiger partial charge on any atom is -0.447 e. The number of nitrogens with zero attached hydrogens (tertiary/aromatic N) is 1. The molecular formula is C13H17N3O3S. The first kappa shape index (κ1) is 14.7. The third kappa shape index (κ3) is 3.44. The summed E-state index contributed by atoms with van der Waals surface area (Å²) in [6, 6.07) is 4.92. The molecule has 2 heterocycles. The smallest absolute Gasteiger partial charge is 0.274 e. The Morgan fingerprint density at radius 2 is 2.05 bits per heavy atom. The van der Waals surface area contributed by atoms with Crippen LogP contribution < -0.4 is 10.0 Å². The molecule has 0 saturated heterocycles. The van der Waals surface area contributed by atoms with Crippen LogP contribution in [0.3, 0.4) is 0 Å². The van der Waals surface area contributed by atoms with Gasteiger partial charge < -0.3 is 9.73 Å². The highest BCUT2D eigenvalue weighted by Crippen LogP contribution is 2.14. The zero-order chi connectivity index (χ0) is 14.6. The lowest BCUT2D eigenvalue weighted by atomic mass is 10.2. The number of nitrogens with one attached hydrogen (secondary N) is 2. The molecular weight excluding hydrogens is 278 g/mol. The zero-order valence-electron chi connectivity index (χ0n) is 11.4. The van der Waals surface area contributed by atoms with E-state index >= 15 is 0 Å². The average Bonchev–Trinajstić information content (AvgIpc) is 2.88. The lowest BCUT2D eigenvalue weighted by Gasteiger charge is -2.06. The lowest BCUT2D eigenvalue weighted by Crippen LogP contribution is -2.23. The summed E-state index contributed by atoms with van der Waals surface area (Å²) in [5.74, 6) is 0.574. The molecule has 0 unspecified atom stereocenters. The number of furan rings is 1. The third-order valence-corrected chi connectivity index (χ3v) is 4.13. The van der Waals surface area contributed by atoms with Crippen LogP contribution in [0, 0.1) is 6.92 Å². The normalized spacial score (nSPS) is 11.7. The first-order chi connectivity index (χ1) is 9.53. The van der Waals surface area contributed by atoms with Gasteiger partial charge in [0.15, 0.2) is 0 Å². The molecule has 0 bridgehead atoms. The van der Waals surface area contributed by atoms with Gasteiger partial charge in [-0.25, -0.2) is 13.1 Å². The number of aryl methyl sites for hydroxylation is 1. The van der Waals surface area contributed by atoms with Crippen LogP contribution in [0.5, 0.6) is 0 Å². The number of sulfonamides is 1. The number of hydrogen-bond donors (Lipinski definition) is 2. The van der Waals surface area contributed by atoms with E-state index in [0.717, 1.165) is 11.1 Å². The van der Waals surface area contributed by atoms with Crippen molar-refractivity contribution in [2.24, 2.45) is 0 Å². The van der Waals surface area contributed by atoms with Gasteiger partial charge in [0.05, 0.1) is 6.54 Å². The summed E-state index contributed by atoms with van der Waals surface area (Å²) in [6.45, 7) is 2.57. The van der Waals surface area contributed by atoms with Gasteiger partial charge in [0.25, 0.3) is 10.0 Å². The van der Waals surface area contributed by atoms with Gasteiger partial charge in [0.1, 0.15) is 5.76 Å². The molecule has 2 N–H and O–H groups in total. The van der Waals surface area contributed by atoms with Gasteiger partial charge in [-0.3, -0.25) is 4.98 Å². The SMILES string of the molecule is CNCc1ccc(S(=O)(=O)NCc2cnccc2C)o1. The van der Waals surface area contributed by atoms with Crippen molar-refractivity contribution in [2.45, 2.75) is 25.1 Å². The zero-order valence-corrected chi connectivity index (χ0v) is 12.2. The van der Waals surface area contributed by atoms with Crippen LogP contribution in [0.15, 0.2) is 40.1 Å². The monoisotopic (exact) mass is 295 g/mol. The fourth-order valence-electron chi connectivity index (χ4n) is 1.70. The van der Waals surface area contributed by atoms with Crippen LogP contribution in [-0.4, -0.2) is 20.4 Å². The van der Waals surface area contributed by atoms with Crippen molar-refractivity contribution in [1.82, 2.24) is 15.0 Å². The van der Waals surface area contributed by atoms with Crippen molar-refractivity contribution in [3.8, 4) is 0 Å². The molecule has 0 spiro atoms. The molecule has 2 rings (SSSR count). The van der Waals surface area contributed by atoms with Crippen LogP contribution in [0.25, 0.3) is 0 Å². The molecule has 20 heavy (non-hydrogen) atoms. The predicted octanol–water partition coefficient (Wildman–Crippen LogP) is 1.18. The summed E-state index contributed by atoms with van der Waals surface area (Å²) in [4.78, 5) is 3.98. The average molecular weight is 295 g/mol. The minimum absolute atomic E-state index is 0.0794. The molecule has 0 aliphatic rings. The molecule has 0 fully saturated rings. The van der Waals surface area contributed by atoms with Crippen molar-refractivity contribution < 1.29 is 12.8 Å². The molecule has 6 nitrogen and oxygen atoms in total. The number of rotatable bonds is 6. The van der Waals surface area contributed by atoms with Crippen LogP contribution >= 0.6 is 0 Å². The second-order valence-electron chi connectivity index (χ2n) is 4.38.